The Morgan fingerprint density at radius 1 is 1.08 bits per heavy atom. The average Bonchev–Trinajstić information content (AvgIpc) is 3.47. The van der Waals surface area contributed by atoms with E-state index in [0.717, 1.165) is 10.9 Å². The third kappa shape index (κ3) is 5.93. The fourth-order valence-corrected chi connectivity index (χ4v) is 3.04. The standard InChI is InChI=1S/C28H22F3N7O/c1-17-5-6-19(10-25(17)37-27-33-9-7-24(36-27)20-4-3-8-32-14-20)26(39)35-22-11-21(28(29,30)31)12-23(13-22)38-15-18(2)34-16-38/h3-16H,1-2H3,(H,35,39)(H,33,36,37)/i1D3,3D,4D,5D,6D,7D,8D,9D,10D,11D,12D,13D,14D. The first-order valence-corrected chi connectivity index (χ1v) is 10.6. The van der Waals surface area contributed by atoms with Crippen LogP contribution in [-0.2, 0) is 6.18 Å². The number of aromatic nitrogens is 5. The summed E-state index contributed by atoms with van der Waals surface area (Å²) in [7, 11) is 0. The number of benzene rings is 2. The lowest BCUT2D eigenvalue weighted by atomic mass is 10.1. The highest BCUT2D eigenvalue weighted by Crippen LogP contribution is 2.33. The minimum atomic E-state index is -5.35. The minimum absolute atomic E-state index is 0.271. The lowest BCUT2D eigenvalue weighted by Gasteiger charge is -2.14. The minimum Gasteiger partial charge on any atom is -0.324 e. The number of amides is 1. The number of anilines is 3. The Kier molecular flexibility index (Phi) is 3.49. The van der Waals surface area contributed by atoms with Crippen molar-refractivity contribution in [3.05, 3.63) is 108 Å². The number of rotatable bonds is 6. The highest BCUT2D eigenvalue weighted by molar-refractivity contribution is 6.05. The fraction of sp³-hybridized carbons (Fsp3) is 0.107. The molecular formula is C28H22F3N7O. The maximum Gasteiger partial charge on any atom is 0.416 e. The highest BCUT2D eigenvalue weighted by atomic mass is 19.4. The van der Waals surface area contributed by atoms with Gasteiger partial charge in [-0.1, -0.05) is 6.04 Å². The molecule has 39 heavy (non-hydrogen) atoms. The Morgan fingerprint density at radius 3 is 2.72 bits per heavy atom. The molecule has 0 spiro atoms. The van der Waals surface area contributed by atoms with Crippen LogP contribution < -0.4 is 10.6 Å². The molecule has 2 aromatic carbocycles. The van der Waals surface area contributed by atoms with Crippen LogP contribution in [0.4, 0.5) is 30.5 Å². The third-order valence-electron chi connectivity index (χ3n) is 4.76. The van der Waals surface area contributed by atoms with Crippen molar-refractivity contribution in [1.29, 1.82) is 0 Å². The molecule has 11 heteroatoms. The molecule has 0 bridgehead atoms. The predicted molar refractivity (Wildman–Crippen MR) is 141 cm³/mol. The number of imidazole rings is 1. The molecule has 0 aliphatic heterocycles. The molecule has 0 radical (unpaired) electrons. The van der Waals surface area contributed by atoms with Gasteiger partial charge in [0, 0.05) is 57.0 Å². The van der Waals surface area contributed by atoms with Crippen molar-refractivity contribution in [3.63, 3.8) is 0 Å². The van der Waals surface area contributed by atoms with Crippen LogP contribution in [0, 0.1) is 13.8 Å². The van der Waals surface area contributed by atoms with Crippen molar-refractivity contribution in [1.82, 2.24) is 24.5 Å². The van der Waals surface area contributed by atoms with Crippen LogP contribution in [0.2, 0.25) is 0 Å². The molecule has 0 atom stereocenters. The number of aryl methyl sites for hydroxylation is 1. The van der Waals surface area contributed by atoms with Gasteiger partial charge in [-0.3, -0.25) is 9.78 Å². The normalized spacial score (nSPS) is 17.1. The lowest BCUT2D eigenvalue weighted by molar-refractivity contribution is -0.137. The molecule has 0 saturated heterocycles. The maximum atomic E-state index is 14.2. The second kappa shape index (κ2) is 10.4. The topological polar surface area (TPSA) is 97.6 Å². The van der Waals surface area contributed by atoms with Crippen LogP contribution in [0.15, 0.2) is 85.4 Å². The summed E-state index contributed by atoms with van der Waals surface area (Å²) in [5, 5.41) is 4.16. The summed E-state index contributed by atoms with van der Waals surface area (Å²) in [4.78, 5) is 28.8. The van der Waals surface area contributed by atoms with E-state index in [9.17, 15) is 18.0 Å². The van der Waals surface area contributed by atoms with Gasteiger partial charge in [-0.2, -0.15) is 13.2 Å². The molecule has 0 fully saturated rings. The summed E-state index contributed by atoms with van der Waals surface area (Å²) >= 11 is 0. The zero-order valence-corrected chi connectivity index (χ0v) is 19.4. The van der Waals surface area contributed by atoms with Gasteiger partial charge in [0.15, 0.2) is 0 Å². The van der Waals surface area contributed by atoms with E-state index < -0.39 is 143 Å². The van der Waals surface area contributed by atoms with Gasteiger partial charge in [-0.05, 0) is 67.7 Å². The number of hydrogen-bond donors (Lipinski definition) is 2. The van der Waals surface area contributed by atoms with Crippen molar-refractivity contribution in [2.45, 2.75) is 20.0 Å². The maximum absolute atomic E-state index is 14.2. The second-order valence-electron chi connectivity index (χ2n) is 7.57. The number of pyridine rings is 1. The Labute approximate surface area is 242 Å². The molecule has 0 unspecified atom stereocenters. The molecule has 0 aliphatic carbocycles. The monoisotopic (exact) mass is 544 g/mol. The predicted octanol–water partition coefficient (Wildman–Crippen LogP) is 6.36. The Hall–Kier alpha value is -5.06. The third-order valence-corrected chi connectivity index (χ3v) is 4.76. The summed E-state index contributed by atoms with van der Waals surface area (Å²) in [5.41, 5.74) is -7.87. The molecule has 1 amide bonds. The van der Waals surface area contributed by atoms with Crippen molar-refractivity contribution >= 4 is 23.2 Å². The van der Waals surface area contributed by atoms with Crippen molar-refractivity contribution in [2.75, 3.05) is 10.6 Å². The van der Waals surface area contributed by atoms with Crippen LogP contribution in [-0.4, -0.2) is 30.4 Å². The van der Waals surface area contributed by atoms with E-state index in [1.54, 1.807) is 0 Å². The quantitative estimate of drug-likeness (QED) is 0.258. The molecule has 196 valence electrons. The van der Waals surface area contributed by atoms with Gasteiger partial charge in [0.05, 0.1) is 39.7 Å². The zero-order valence-electron chi connectivity index (χ0n) is 34.4. The number of halogens is 3. The molecule has 8 nitrogen and oxygen atoms in total. The Bertz CT molecular complexity index is 2400. The van der Waals surface area contributed by atoms with E-state index in [2.05, 4.69) is 25.3 Å². The summed E-state index contributed by atoms with van der Waals surface area (Å²) in [6.07, 6.45) is -5.64. The number of carbonyl (C=O) groups is 1. The SMILES string of the molecule is [2H]c1nc(Nc2c([2H])c(C(=O)Nc3c([2H])c(-n4cnc(C)c4)c([2H])c(C(F)(F)F)c3[2H])c([2H])c([2H])c2C([2H])([2H])[2H])nc(-c2c([2H])nc([2H])c([2H])c2[2H])c1[2H]. The van der Waals surface area contributed by atoms with Gasteiger partial charge in [-0.25, -0.2) is 15.0 Å². The zero-order chi connectivity index (χ0) is 40.5. The summed E-state index contributed by atoms with van der Waals surface area (Å²) in [6.45, 7) is -1.85. The van der Waals surface area contributed by atoms with E-state index in [4.69, 9.17) is 20.6 Å². The molecule has 3 heterocycles. The second-order valence-corrected chi connectivity index (χ2v) is 7.57. The van der Waals surface area contributed by atoms with Gasteiger partial charge in [0.1, 0.15) is 0 Å². The smallest absolute Gasteiger partial charge is 0.324 e. The molecule has 5 aromatic rings. The first-order chi connectivity index (χ1) is 24.9. The highest BCUT2D eigenvalue weighted by Gasteiger charge is 2.31. The first kappa shape index (κ1) is 13.1. The van der Waals surface area contributed by atoms with E-state index in [-0.39, 0.29) is 5.69 Å². The fourth-order valence-electron chi connectivity index (χ4n) is 3.04. The summed E-state index contributed by atoms with van der Waals surface area (Å²) in [5.74, 6) is -2.46. The molecule has 2 N–H and O–H groups in total. The Morgan fingerprint density at radius 2 is 1.95 bits per heavy atom. The number of alkyl halides is 3. The van der Waals surface area contributed by atoms with Crippen molar-refractivity contribution < 1.29 is 38.5 Å². The Balaban J connectivity index is 1.72. The van der Waals surface area contributed by atoms with Crippen molar-refractivity contribution in [2.24, 2.45) is 0 Å². The van der Waals surface area contributed by atoms with Gasteiger partial charge in [0.25, 0.3) is 5.91 Å². The molecule has 5 rings (SSSR count). The molecule has 0 saturated carbocycles. The largest absolute Gasteiger partial charge is 0.416 e. The van der Waals surface area contributed by atoms with Gasteiger partial charge < -0.3 is 15.2 Å². The van der Waals surface area contributed by atoms with Crippen LogP contribution in [0.25, 0.3) is 16.9 Å². The van der Waals surface area contributed by atoms with Gasteiger partial charge >= 0.3 is 6.18 Å². The molecular weight excluding hydrogens is 507 g/mol. The van der Waals surface area contributed by atoms with E-state index in [1.165, 1.54) is 13.1 Å². The number of hydrogen-bond acceptors (Lipinski definition) is 6. The average molecular weight is 545 g/mol. The van der Waals surface area contributed by atoms with E-state index in [0.29, 0.717) is 0 Å². The molecule has 3 aromatic heterocycles. The lowest BCUT2D eigenvalue weighted by Crippen LogP contribution is -2.14. The van der Waals surface area contributed by atoms with Crippen molar-refractivity contribution in [3.8, 4) is 16.9 Å². The summed E-state index contributed by atoms with van der Waals surface area (Å²) < 4.78 is 166. The van der Waals surface area contributed by atoms with Crippen LogP contribution >= 0.6 is 0 Å². The number of carbonyl (C=O) groups excluding carboxylic acids is 1. The first-order valence-electron chi connectivity index (χ1n) is 18.1. The number of nitrogens with one attached hydrogen (secondary N) is 2. The number of nitrogens with zero attached hydrogens (tertiary/aromatic N) is 5. The van der Waals surface area contributed by atoms with E-state index in [1.807, 2.05) is 5.32 Å². The van der Waals surface area contributed by atoms with E-state index >= 15 is 0 Å². The van der Waals surface area contributed by atoms with Gasteiger partial charge in [0.2, 0.25) is 5.95 Å². The van der Waals surface area contributed by atoms with Crippen LogP contribution in [0.3, 0.4) is 0 Å². The van der Waals surface area contributed by atoms with Gasteiger partial charge in [-0.15, -0.1) is 0 Å². The van der Waals surface area contributed by atoms with Crippen LogP contribution in [0.1, 0.15) is 47.7 Å². The summed E-state index contributed by atoms with van der Waals surface area (Å²) in [6, 6.07) is -9.74. The van der Waals surface area contributed by atoms with Crippen LogP contribution in [0.5, 0.6) is 0 Å². The molecule has 0 aliphatic rings.